The number of para-hydroxylation sites is 2. The summed E-state index contributed by atoms with van der Waals surface area (Å²) in [5, 5.41) is 0. The molecule has 0 fully saturated rings. The Morgan fingerprint density at radius 1 is 0.448 bits per heavy atom. The lowest BCUT2D eigenvalue weighted by atomic mass is 10.0. The Hall–Kier alpha value is -3.98. The zero-order chi connectivity index (χ0) is 20.1. The van der Waals surface area contributed by atoms with E-state index < -0.39 is 0 Å². The monoisotopic (exact) mass is 378 g/mol. The van der Waals surface area contributed by atoms with Gasteiger partial charge in [-0.05, 0) is 24.3 Å². The average Bonchev–Trinajstić information content (AvgIpc) is 2.80. The molecule has 4 aromatic carbocycles. The molecule has 0 amide bonds. The zero-order valence-corrected chi connectivity index (χ0v) is 15.6. The second-order valence-corrected chi connectivity index (χ2v) is 6.48. The Labute approximate surface area is 169 Å². The van der Waals surface area contributed by atoms with E-state index >= 15 is 0 Å². The molecular weight excluding hydrogens is 360 g/mol. The summed E-state index contributed by atoms with van der Waals surface area (Å²) < 4.78 is 6.08. The number of hydrogen-bond acceptors (Lipinski definition) is 3. The maximum atomic E-state index is 13.0. The molecule has 29 heavy (non-hydrogen) atoms. The first-order chi connectivity index (χ1) is 14.2. The van der Waals surface area contributed by atoms with Crippen molar-refractivity contribution < 1.29 is 14.3 Å². The van der Waals surface area contributed by atoms with Crippen molar-refractivity contribution in [1.82, 2.24) is 0 Å². The normalized spacial score (nSPS) is 10.3. The fourth-order valence-electron chi connectivity index (χ4n) is 3.09. The predicted molar refractivity (Wildman–Crippen MR) is 113 cm³/mol. The Kier molecular flexibility index (Phi) is 5.30. The Balaban J connectivity index is 1.70. The highest BCUT2D eigenvalue weighted by molar-refractivity contribution is 6.12. The van der Waals surface area contributed by atoms with Gasteiger partial charge in [0.25, 0.3) is 0 Å². The second-order valence-electron chi connectivity index (χ2n) is 6.48. The average molecular weight is 378 g/mol. The summed E-state index contributed by atoms with van der Waals surface area (Å²) in [5.74, 6) is 0.561. The Morgan fingerprint density at radius 2 is 0.793 bits per heavy atom. The molecule has 0 aliphatic heterocycles. The van der Waals surface area contributed by atoms with Crippen molar-refractivity contribution in [3.63, 3.8) is 0 Å². The molecule has 0 heterocycles. The highest BCUT2D eigenvalue weighted by Gasteiger charge is 2.18. The molecule has 4 rings (SSSR count). The summed E-state index contributed by atoms with van der Waals surface area (Å²) in [6, 6.07) is 32.2. The lowest BCUT2D eigenvalue weighted by Crippen LogP contribution is -2.06. The maximum Gasteiger partial charge on any atom is 0.196 e. The van der Waals surface area contributed by atoms with E-state index in [1.807, 2.05) is 36.4 Å². The summed E-state index contributed by atoms with van der Waals surface area (Å²) in [5.41, 5.74) is 2.05. The topological polar surface area (TPSA) is 43.4 Å². The van der Waals surface area contributed by atoms with Gasteiger partial charge in [-0.1, -0.05) is 84.9 Å². The van der Waals surface area contributed by atoms with Gasteiger partial charge in [0, 0.05) is 11.1 Å². The van der Waals surface area contributed by atoms with Crippen LogP contribution in [-0.4, -0.2) is 11.6 Å². The number of benzene rings is 4. The number of hydrogen-bond donors (Lipinski definition) is 0. The van der Waals surface area contributed by atoms with E-state index in [1.165, 1.54) is 0 Å². The highest BCUT2D eigenvalue weighted by atomic mass is 16.5. The largest absolute Gasteiger partial charge is 0.456 e. The number of rotatable bonds is 6. The van der Waals surface area contributed by atoms with Crippen LogP contribution in [0, 0.1) is 0 Å². The minimum Gasteiger partial charge on any atom is -0.456 e. The van der Waals surface area contributed by atoms with E-state index in [4.69, 9.17) is 4.74 Å². The third-order valence-electron chi connectivity index (χ3n) is 4.56. The molecule has 4 aromatic rings. The maximum absolute atomic E-state index is 13.0. The van der Waals surface area contributed by atoms with Crippen LogP contribution >= 0.6 is 0 Å². The Bertz CT molecular complexity index is 1060. The van der Waals surface area contributed by atoms with Crippen LogP contribution in [0.4, 0.5) is 0 Å². The van der Waals surface area contributed by atoms with Crippen LogP contribution in [0.3, 0.4) is 0 Å². The van der Waals surface area contributed by atoms with Gasteiger partial charge in [-0.3, -0.25) is 9.59 Å². The predicted octanol–water partition coefficient (Wildman–Crippen LogP) is 5.94. The minimum absolute atomic E-state index is 0.131. The lowest BCUT2D eigenvalue weighted by molar-refractivity contribution is 0.103. The van der Waals surface area contributed by atoms with Crippen molar-refractivity contribution in [2.75, 3.05) is 0 Å². The van der Waals surface area contributed by atoms with Gasteiger partial charge in [0.1, 0.15) is 11.5 Å². The van der Waals surface area contributed by atoms with Gasteiger partial charge >= 0.3 is 0 Å². The number of ketones is 2. The quantitative estimate of drug-likeness (QED) is 0.390. The van der Waals surface area contributed by atoms with Gasteiger partial charge in [0.2, 0.25) is 0 Å². The molecule has 0 bridgehead atoms. The molecule has 0 spiro atoms. The van der Waals surface area contributed by atoms with Crippen LogP contribution < -0.4 is 4.74 Å². The van der Waals surface area contributed by atoms with Crippen LogP contribution in [0.5, 0.6) is 11.5 Å². The zero-order valence-electron chi connectivity index (χ0n) is 15.6. The molecule has 0 radical (unpaired) electrons. The van der Waals surface area contributed by atoms with Gasteiger partial charge in [-0.2, -0.15) is 0 Å². The fraction of sp³-hybridized carbons (Fsp3) is 0. The molecule has 3 heteroatoms. The molecule has 3 nitrogen and oxygen atoms in total. The summed E-state index contributed by atoms with van der Waals surface area (Å²) in [4.78, 5) is 25.9. The molecular formula is C26H18O3. The van der Waals surface area contributed by atoms with Crippen LogP contribution in [0.1, 0.15) is 31.8 Å². The molecule has 0 saturated carbocycles. The second kappa shape index (κ2) is 8.36. The number of carbonyl (C=O) groups is 2. The number of carbonyl (C=O) groups excluding carboxylic acids is 2. The van der Waals surface area contributed by atoms with Crippen LogP contribution in [0.25, 0.3) is 0 Å². The van der Waals surface area contributed by atoms with Gasteiger partial charge in [-0.25, -0.2) is 0 Å². The van der Waals surface area contributed by atoms with Crippen molar-refractivity contribution in [1.29, 1.82) is 0 Å². The molecule has 0 aromatic heterocycles. The first kappa shape index (κ1) is 18.4. The summed E-state index contributed by atoms with van der Waals surface area (Å²) >= 11 is 0. The molecule has 0 unspecified atom stereocenters. The van der Waals surface area contributed by atoms with Gasteiger partial charge in [0.15, 0.2) is 11.6 Å². The summed E-state index contributed by atoms with van der Waals surface area (Å²) in [6.07, 6.45) is 0. The van der Waals surface area contributed by atoms with E-state index in [0.717, 1.165) is 0 Å². The number of ether oxygens (including phenoxy) is 1. The first-order valence-corrected chi connectivity index (χ1v) is 9.29. The third kappa shape index (κ3) is 3.99. The van der Waals surface area contributed by atoms with E-state index in [0.29, 0.717) is 33.8 Å². The first-order valence-electron chi connectivity index (χ1n) is 9.29. The smallest absolute Gasteiger partial charge is 0.196 e. The van der Waals surface area contributed by atoms with E-state index in [-0.39, 0.29) is 11.6 Å². The lowest BCUT2D eigenvalue weighted by Gasteiger charge is -2.13. The minimum atomic E-state index is -0.131. The fourth-order valence-corrected chi connectivity index (χ4v) is 3.09. The van der Waals surface area contributed by atoms with Crippen molar-refractivity contribution in [3.8, 4) is 11.5 Å². The molecule has 0 aliphatic carbocycles. The summed E-state index contributed by atoms with van der Waals surface area (Å²) in [6.45, 7) is 0. The molecule has 140 valence electrons. The van der Waals surface area contributed by atoms with Gasteiger partial charge in [0.05, 0.1) is 11.1 Å². The van der Waals surface area contributed by atoms with E-state index in [2.05, 4.69) is 0 Å². The molecule has 0 saturated heterocycles. The van der Waals surface area contributed by atoms with Crippen molar-refractivity contribution in [2.45, 2.75) is 0 Å². The van der Waals surface area contributed by atoms with E-state index in [1.54, 1.807) is 72.8 Å². The van der Waals surface area contributed by atoms with Crippen LogP contribution in [-0.2, 0) is 0 Å². The third-order valence-corrected chi connectivity index (χ3v) is 4.56. The van der Waals surface area contributed by atoms with E-state index in [9.17, 15) is 9.59 Å². The van der Waals surface area contributed by atoms with Crippen molar-refractivity contribution in [3.05, 3.63) is 131 Å². The van der Waals surface area contributed by atoms with Gasteiger partial charge in [-0.15, -0.1) is 0 Å². The standard InChI is InChI=1S/C26H18O3/c27-25(19-11-3-1-4-12-19)21-15-7-9-17-23(21)29-24-18-10-8-16-22(24)26(28)20-13-5-2-6-14-20/h1-18H. The summed E-state index contributed by atoms with van der Waals surface area (Å²) in [7, 11) is 0. The molecule has 0 atom stereocenters. The van der Waals surface area contributed by atoms with Crippen molar-refractivity contribution >= 4 is 11.6 Å². The highest BCUT2D eigenvalue weighted by Crippen LogP contribution is 2.30. The Morgan fingerprint density at radius 3 is 1.21 bits per heavy atom. The van der Waals surface area contributed by atoms with Gasteiger partial charge < -0.3 is 4.74 Å². The van der Waals surface area contributed by atoms with Crippen molar-refractivity contribution in [2.24, 2.45) is 0 Å². The molecule has 0 N–H and O–H groups in total. The molecule has 0 aliphatic rings. The SMILES string of the molecule is O=C(c1ccccc1)c1ccccc1Oc1ccccc1C(=O)c1ccccc1. The van der Waals surface area contributed by atoms with Crippen LogP contribution in [0.15, 0.2) is 109 Å². The van der Waals surface area contributed by atoms with Crippen LogP contribution in [0.2, 0.25) is 0 Å².